The van der Waals surface area contributed by atoms with Gasteiger partial charge in [-0.3, -0.25) is 0 Å². The Labute approximate surface area is 80.5 Å². The number of rotatable bonds is 4. The molecule has 55 valence electrons. The van der Waals surface area contributed by atoms with Crippen LogP contribution in [0.25, 0.3) is 0 Å². The standard InChI is InChI=1S/C9H15.Mg.2H/c1-3-5-7-9-8-6-4-2;;;/h5-8H,1,3-4,9H2,2H3;;;/b7-5-,8-6-;;;. The van der Waals surface area contributed by atoms with Crippen molar-refractivity contribution in [1.29, 1.82) is 0 Å². The molecule has 0 aromatic rings. The van der Waals surface area contributed by atoms with E-state index in [0.29, 0.717) is 0 Å². The van der Waals surface area contributed by atoms with E-state index in [1.807, 2.05) is 0 Å². The predicted octanol–water partition coefficient (Wildman–Crippen LogP) is 2.21. The van der Waals surface area contributed by atoms with Crippen LogP contribution in [-0.2, 0) is 0 Å². The van der Waals surface area contributed by atoms with E-state index in [-0.39, 0.29) is 23.1 Å². The molecular weight excluding hydrogens is 132 g/mol. The summed E-state index contributed by atoms with van der Waals surface area (Å²) in [6, 6.07) is 0. The largest absolute Gasteiger partial charge is 0.316 e. The zero-order valence-corrected chi connectivity index (χ0v) is 6.14. The first-order valence-corrected chi connectivity index (χ1v) is 3.51. The van der Waals surface area contributed by atoms with Crippen molar-refractivity contribution in [3.63, 3.8) is 0 Å². The molecule has 0 aliphatic heterocycles. The van der Waals surface area contributed by atoms with Gasteiger partial charge < -0.3 is 0 Å². The summed E-state index contributed by atoms with van der Waals surface area (Å²) in [7, 11) is 0. The SMILES string of the molecule is [CH2]C/C=C\C/C=C\CC.[MgH2]. The Morgan fingerprint density at radius 1 is 1.10 bits per heavy atom. The third-order valence-electron chi connectivity index (χ3n) is 1.01. The van der Waals surface area contributed by atoms with Crippen LogP contribution in [0.4, 0.5) is 0 Å². The molecule has 0 rings (SSSR count). The van der Waals surface area contributed by atoms with Gasteiger partial charge in [0.15, 0.2) is 0 Å². The first-order valence-electron chi connectivity index (χ1n) is 3.51. The van der Waals surface area contributed by atoms with Crippen molar-refractivity contribution in [2.75, 3.05) is 0 Å². The van der Waals surface area contributed by atoms with E-state index < -0.39 is 0 Å². The quantitative estimate of drug-likeness (QED) is 0.425. The van der Waals surface area contributed by atoms with Crippen LogP contribution in [0.5, 0.6) is 0 Å². The molecule has 10 heavy (non-hydrogen) atoms. The van der Waals surface area contributed by atoms with Crippen molar-refractivity contribution < 1.29 is 0 Å². The van der Waals surface area contributed by atoms with E-state index in [9.17, 15) is 0 Å². The van der Waals surface area contributed by atoms with Crippen LogP contribution in [-0.4, -0.2) is 23.1 Å². The first-order chi connectivity index (χ1) is 4.41. The third-order valence-corrected chi connectivity index (χ3v) is 1.01. The molecule has 0 saturated heterocycles. The second-order valence-electron chi connectivity index (χ2n) is 1.88. The normalized spacial score (nSPS) is 10.6. The van der Waals surface area contributed by atoms with Gasteiger partial charge >= 0.3 is 23.1 Å². The fourth-order valence-corrected chi connectivity index (χ4v) is 0.556. The van der Waals surface area contributed by atoms with E-state index >= 15 is 0 Å². The molecule has 1 radical (unpaired) electrons. The highest BCUT2D eigenvalue weighted by molar-refractivity contribution is 5.75. The van der Waals surface area contributed by atoms with Gasteiger partial charge in [-0.05, 0) is 26.2 Å². The topological polar surface area (TPSA) is 0 Å². The lowest BCUT2D eigenvalue weighted by Gasteiger charge is -1.79. The minimum atomic E-state index is 0. The van der Waals surface area contributed by atoms with Crippen molar-refractivity contribution in [3.05, 3.63) is 31.2 Å². The zero-order chi connectivity index (χ0) is 6.95. The summed E-state index contributed by atoms with van der Waals surface area (Å²) in [5.41, 5.74) is 0. The summed E-state index contributed by atoms with van der Waals surface area (Å²) in [6.07, 6.45) is 11.7. The van der Waals surface area contributed by atoms with E-state index in [1.54, 1.807) is 0 Å². The fourth-order valence-electron chi connectivity index (χ4n) is 0.556. The summed E-state index contributed by atoms with van der Waals surface area (Å²) in [4.78, 5) is 0. The van der Waals surface area contributed by atoms with Gasteiger partial charge in [-0.1, -0.05) is 31.2 Å². The molecule has 0 nitrogen and oxygen atoms in total. The highest BCUT2D eigenvalue weighted by Gasteiger charge is 1.68. The lowest BCUT2D eigenvalue weighted by molar-refractivity contribution is 1.19. The van der Waals surface area contributed by atoms with Crippen molar-refractivity contribution in [2.24, 2.45) is 0 Å². The first kappa shape index (κ1) is 12.9. The second-order valence-corrected chi connectivity index (χ2v) is 1.88. The molecule has 0 unspecified atom stereocenters. The number of hydrogen-bond donors (Lipinski definition) is 0. The average Bonchev–Trinajstić information content (AvgIpc) is 1.89. The number of allylic oxidation sites excluding steroid dienone is 4. The third kappa shape index (κ3) is 11.1. The molecule has 0 saturated carbocycles. The lowest BCUT2D eigenvalue weighted by Crippen LogP contribution is -1.58. The Bertz CT molecular complexity index is 80.9. The van der Waals surface area contributed by atoms with Crippen LogP contribution in [0.1, 0.15) is 26.2 Å². The Balaban J connectivity index is 0. The molecule has 0 fully saturated rings. The predicted molar refractivity (Wildman–Crippen MR) is 51.7 cm³/mol. The lowest BCUT2D eigenvalue weighted by atomic mass is 10.3. The van der Waals surface area contributed by atoms with Crippen LogP contribution in [0.2, 0.25) is 0 Å². The van der Waals surface area contributed by atoms with Crippen LogP contribution >= 0.6 is 0 Å². The molecule has 0 N–H and O–H groups in total. The molecule has 1 heteroatoms. The van der Waals surface area contributed by atoms with Crippen molar-refractivity contribution in [3.8, 4) is 0 Å². The smallest absolute Gasteiger partial charge is 0.0885 e. The molecule has 0 aliphatic carbocycles. The van der Waals surface area contributed by atoms with Gasteiger partial charge in [0.25, 0.3) is 0 Å². The highest BCUT2D eigenvalue weighted by Crippen LogP contribution is 1.89. The molecule has 0 spiro atoms. The molecule has 0 aromatic heterocycles. The monoisotopic (exact) mass is 149 g/mol. The van der Waals surface area contributed by atoms with Gasteiger partial charge in [-0.2, -0.15) is 0 Å². The van der Waals surface area contributed by atoms with Crippen LogP contribution in [0.15, 0.2) is 24.3 Å². The fraction of sp³-hybridized carbons (Fsp3) is 0.444. The second kappa shape index (κ2) is 12.0. The minimum absolute atomic E-state index is 0. The van der Waals surface area contributed by atoms with Gasteiger partial charge in [0.1, 0.15) is 0 Å². The van der Waals surface area contributed by atoms with Crippen molar-refractivity contribution in [1.82, 2.24) is 0 Å². The highest BCUT2D eigenvalue weighted by atomic mass is 24.3. The van der Waals surface area contributed by atoms with Crippen LogP contribution < -0.4 is 0 Å². The van der Waals surface area contributed by atoms with Gasteiger partial charge in [0.05, 0.1) is 0 Å². The summed E-state index contributed by atoms with van der Waals surface area (Å²) in [5, 5.41) is 0. The molecule has 0 aromatic carbocycles. The molecule has 0 atom stereocenters. The summed E-state index contributed by atoms with van der Waals surface area (Å²) < 4.78 is 0. The maximum Gasteiger partial charge on any atom is 0.316 e. The summed E-state index contributed by atoms with van der Waals surface area (Å²) in [6.45, 7) is 5.83. The Hall–Kier alpha value is 0.246. The molecule has 0 amide bonds. The van der Waals surface area contributed by atoms with E-state index in [2.05, 4.69) is 38.2 Å². The van der Waals surface area contributed by atoms with Crippen LogP contribution in [0.3, 0.4) is 0 Å². The Morgan fingerprint density at radius 3 is 2.20 bits per heavy atom. The summed E-state index contributed by atoms with van der Waals surface area (Å²) >= 11 is 0. The van der Waals surface area contributed by atoms with Gasteiger partial charge in [0, 0.05) is 0 Å². The van der Waals surface area contributed by atoms with Crippen molar-refractivity contribution >= 4 is 23.1 Å². The Kier molecular flexibility index (Phi) is 15.4. The van der Waals surface area contributed by atoms with E-state index in [4.69, 9.17) is 0 Å². The van der Waals surface area contributed by atoms with Crippen LogP contribution in [0, 0.1) is 6.92 Å². The minimum Gasteiger partial charge on any atom is -0.0885 e. The van der Waals surface area contributed by atoms with Crippen molar-refractivity contribution in [2.45, 2.75) is 26.2 Å². The summed E-state index contributed by atoms with van der Waals surface area (Å²) in [5.74, 6) is 0. The molecule has 0 heterocycles. The van der Waals surface area contributed by atoms with Gasteiger partial charge in [0.2, 0.25) is 0 Å². The molecule has 0 aliphatic rings. The molecule has 0 bridgehead atoms. The average molecular weight is 150 g/mol. The van der Waals surface area contributed by atoms with E-state index in [0.717, 1.165) is 19.3 Å². The Morgan fingerprint density at radius 2 is 1.70 bits per heavy atom. The number of hydrogen-bond acceptors (Lipinski definition) is 0. The van der Waals surface area contributed by atoms with E-state index in [1.165, 1.54) is 0 Å². The maximum absolute atomic E-state index is 3.69. The van der Waals surface area contributed by atoms with Gasteiger partial charge in [-0.15, -0.1) is 0 Å². The van der Waals surface area contributed by atoms with Gasteiger partial charge in [-0.25, -0.2) is 0 Å². The maximum atomic E-state index is 3.69. The molecular formula is C9H17Mg. The zero-order valence-electron chi connectivity index (χ0n) is 6.14.